The molecule has 238 valence electrons. The molecule has 0 aliphatic carbocycles. The van der Waals surface area contributed by atoms with Crippen LogP contribution in [0.25, 0.3) is 0 Å². The number of hydrogen-bond acceptors (Lipinski definition) is 7. The second-order valence-corrected chi connectivity index (χ2v) is 12.7. The summed E-state index contributed by atoms with van der Waals surface area (Å²) in [6, 6.07) is 15.1. The van der Waals surface area contributed by atoms with E-state index in [1.807, 2.05) is 4.90 Å². The molecule has 1 saturated heterocycles. The summed E-state index contributed by atoms with van der Waals surface area (Å²) < 4.78 is 87.8. The van der Waals surface area contributed by atoms with Crippen LogP contribution in [0, 0.1) is 0 Å². The summed E-state index contributed by atoms with van der Waals surface area (Å²) in [5.41, 5.74) is 6.66. The second kappa shape index (κ2) is 14.0. The number of ether oxygens (including phenoxy) is 2. The van der Waals surface area contributed by atoms with E-state index in [1.165, 1.54) is 37.3 Å². The van der Waals surface area contributed by atoms with Gasteiger partial charge in [-0.25, -0.2) is 12.8 Å². The fraction of sp³-hybridized carbons (Fsp3) is 0.387. The number of carbonyl (C=O) groups excluding carboxylic acids is 1. The molecule has 1 heterocycles. The molecule has 3 aromatic carbocycles. The molecule has 1 amide bonds. The van der Waals surface area contributed by atoms with Gasteiger partial charge in [0.1, 0.15) is 18.5 Å². The lowest BCUT2D eigenvalue weighted by Crippen LogP contribution is -2.34. The number of nitrogens with two attached hydrogens (primary N) is 1. The Morgan fingerprint density at radius 3 is 2.34 bits per heavy atom. The third kappa shape index (κ3) is 7.69. The highest BCUT2D eigenvalue weighted by Crippen LogP contribution is 2.36. The molecule has 1 aliphatic heterocycles. The minimum absolute atomic E-state index is 0.0702. The molecule has 13 heteroatoms. The van der Waals surface area contributed by atoms with E-state index in [2.05, 4.69) is 0 Å². The first-order valence-corrected chi connectivity index (χ1v) is 15.6. The lowest BCUT2D eigenvalue weighted by molar-refractivity contribution is -0.137. The third-order valence-electron chi connectivity index (χ3n) is 7.60. The van der Waals surface area contributed by atoms with Crippen LogP contribution in [0.4, 0.5) is 23.2 Å². The van der Waals surface area contributed by atoms with Crippen molar-refractivity contribution in [3.05, 3.63) is 89.0 Å². The molecular weight excluding hydrogens is 604 g/mol. The number of amides is 1. The van der Waals surface area contributed by atoms with Crippen LogP contribution in [-0.2, 0) is 20.8 Å². The Morgan fingerprint density at radius 1 is 1.09 bits per heavy atom. The molecule has 0 radical (unpaired) electrons. The first kappa shape index (κ1) is 33.2. The standard InChI is InChI=1S/C31H34F4N2O6S/c1-2-44(40,41)26-10-3-20(4-11-26)29(18-38)28-16-22(7-12-27(28)30(36)39)37-17-25(15-23(37)19-42-14-13-32)43-24-8-5-21(6-9-24)31(33,34)35/h3-12,16,23,25,29,38H,2,13-15,17-19H2,1H3,(H2,36,39)/t23-,25+,29+/m0/s1. The van der Waals surface area contributed by atoms with Gasteiger partial charge in [0.2, 0.25) is 5.91 Å². The van der Waals surface area contributed by atoms with Crippen molar-refractivity contribution in [1.29, 1.82) is 0 Å². The number of primary amides is 1. The first-order valence-electron chi connectivity index (χ1n) is 14.0. The monoisotopic (exact) mass is 638 g/mol. The Balaban J connectivity index is 1.65. The highest BCUT2D eigenvalue weighted by molar-refractivity contribution is 7.91. The number of rotatable bonds is 13. The smallest absolute Gasteiger partial charge is 0.416 e. The molecule has 1 aliphatic rings. The molecule has 0 bridgehead atoms. The molecular formula is C31H34F4N2O6S. The number of benzene rings is 3. The van der Waals surface area contributed by atoms with Crippen molar-refractivity contribution in [3.8, 4) is 5.75 Å². The van der Waals surface area contributed by atoms with Crippen molar-refractivity contribution >= 4 is 21.4 Å². The van der Waals surface area contributed by atoms with E-state index in [0.29, 0.717) is 29.8 Å². The van der Waals surface area contributed by atoms with Gasteiger partial charge in [0.25, 0.3) is 0 Å². The van der Waals surface area contributed by atoms with Gasteiger partial charge in [0, 0.05) is 23.6 Å². The van der Waals surface area contributed by atoms with Crippen molar-refractivity contribution in [1.82, 2.24) is 0 Å². The van der Waals surface area contributed by atoms with E-state index < -0.39 is 52.8 Å². The maximum Gasteiger partial charge on any atom is 0.416 e. The minimum Gasteiger partial charge on any atom is -0.489 e. The Labute approximate surface area is 253 Å². The minimum atomic E-state index is -4.47. The number of anilines is 1. The zero-order valence-corrected chi connectivity index (χ0v) is 24.8. The number of aliphatic hydroxyl groups is 1. The molecule has 8 nitrogen and oxygen atoms in total. The normalized spacial score (nSPS) is 17.9. The average molecular weight is 639 g/mol. The van der Waals surface area contributed by atoms with Crippen LogP contribution in [0.15, 0.2) is 71.6 Å². The second-order valence-electron chi connectivity index (χ2n) is 10.4. The van der Waals surface area contributed by atoms with E-state index in [1.54, 1.807) is 24.3 Å². The summed E-state index contributed by atoms with van der Waals surface area (Å²) in [6.45, 7) is 0.779. The van der Waals surface area contributed by atoms with E-state index in [9.17, 15) is 35.9 Å². The largest absolute Gasteiger partial charge is 0.489 e. The summed E-state index contributed by atoms with van der Waals surface area (Å²) in [4.78, 5) is 14.5. The predicted molar refractivity (Wildman–Crippen MR) is 156 cm³/mol. The summed E-state index contributed by atoms with van der Waals surface area (Å²) in [5.74, 6) is -1.26. The molecule has 0 spiro atoms. The van der Waals surface area contributed by atoms with Crippen molar-refractivity contribution in [2.24, 2.45) is 5.73 Å². The first-order chi connectivity index (χ1) is 20.9. The molecule has 0 aromatic heterocycles. The van der Waals surface area contributed by atoms with Gasteiger partial charge in [0.15, 0.2) is 9.84 Å². The highest BCUT2D eigenvalue weighted by Gasteiger charge is 2.35. The van der Waals surface area contributed by atoms with Crippen LogP contribution in [0.3, 0.4) is 0 Å². The summed E-state index contributed by atoms with van der Waals surface area (Å²) in [5, 5.41) is 10.4. The molecule has 0 unspecified atom stereocenters. The van der Waals surface area contributed by atoms with Crippen molar-refractivity contribution in [3.63, 3.8) is 0 Å². The van der Waals surface area contributed by atoms with Gasteiger partial charge < -0.3 is 25.2 Å². The highest BCUT2D eigenvalue weighted by atomic mass is 32.2. The van der Waals surface area contributed by atoms with Gasteiger partial charge in [0.05, 0.1) is 48.6 Å². The van der Waals surface area contributed by atoms with Crippen molar-refractivity contribution < 1.29 is 45.4 Å². The lowest BCUT2D eigenvalue weighted by atomic mass is 9.88. The van der Waals surface area contributed by atoms with Gasteiger partial charge >= 0.3 is 6.18 Å². The Bertz CT molecular complexity index is 1530. The van der Waals surface area contributed by atoms with E-state index >= 15 is 0 Å². The molecule has 3 aromatic rings. The predicted octanol–water partition coefficient (Wildman–Crippen LogP) is 4.73. The van der Waals surface area contributed by atoms with Crippen molar-refractivity contribution in [2.45, 2.75) is 42.5 Å². The van der Waals surface area contributed by atoms with E-state index in [0.717, 1.165) is 12.1 Å². The van der Waals surface area contributed by atoms with Crippen LogP contribution >= 0.6 is 0 Å². The maximum atomic E-state index is 13.0. The summed E-state index contributed by atoms with van der Waals surface area (Å²) >= 11 is 0. The van der Waals surface area contributed by atoms with Gasteiger partial charge in [-0.1, -0.05) is 19.1 Å². The fourth-order valence-corrected chi connectivity index (χ4v) is 6.21. The van der Waals surface area contributed by atoms with Crippen LogP contribution in [-0.4, -0.2) is 70.4 Å². The lowest BCUT2D eigenvalue weighted by Gasteiger charge is -2.28. The Kier molecular flexibility index (Phi) is 10.5. The zero-order valence-electron chi connectivity index (χ0n) is 24.0. The van der Waals surface area contributed by atoms with Gasteiger partial charge in [-0.05, 0) is 65.7 Å². The molecule has 0 saturated carbocycles. The molecule has 3 atom stereocenters. The van der Waals surface area contributed by atoms with Crippen LogP contribution in [0.2, 0.25) is 0 Å². The SMILES string of the molecule is CCS(=O)(=O)c1ccc([C@@H](CO)c2cc(N3C[C@H](Oc4ccc(C(F)(F)F)cc4)C[C@H]3COCCF)ccc2C(N)=O)cc1. The summed E-state index contributed by atoms with van der Waals surface area (Å²) in [6.07, 6.45) is -4.51. The fourth-order valence-electron chi connectivity index (χ4n) is 5.32. The Morgan fingerprint density at radius 2 is 1.77 bits per heavy atom. The number of alkyl halides is 4. The molecule has 3 N–H and O–H groups in total. The number of nitrogens with zero attached hydrogens (tertiary/aromatic N) is 1. The van der Waals surface area contributed by atoms with Crippen LogP contribution < -0.4 is 15.4 Å². The number of sulfone groups is 1. The van der Waals surface area contributed by atoms with E-state index in [-0.39, 0.29) is 41.2 Å². The molecule has 1 fully saturated rings. The summed E-state index contributed by atoms with van der Waals surface area (Å²) in [7, 11) is -3.44. The van der Waals surface area contributed by atoms with E-state index in [4.69, 9.17) is 15.2 Å². The maximum absolute atomic E-state index is 13.0. The van der Waals surface area contributed by atoms with Crippen molar-refractivity contribution in [2.75, 3.05) is 43.7 Å². The van der Waals surface area contributed by atoms with Crippen LogP contribution in [0.5, 0.6) is 5.75 Å². The number of hydrogen-bond donors (Lipinski definition) is 2. The van der Waals surface area contributed by atoms with Gasteiger partial charge in [-0.15, -0.1) is 0 Å². The Hall–Kier alpha value is -3.68. The topological polar surface area (TPSA) is 119 Å². The zero-order chi connectivity index (χ0) is 32.1. The third-order valence-corrected chi connectivity index (χ3v) is 9.35. The average Bonchev–Trinajstić information content (AvgIpc) is 3.39. The molecule has 4 rings (SSSR count). The number of carbonyl (C=O) groups is 1. The van der Waals surface area contributed by atoms with Gasteiger partial charge in [-0.3, -0.25) is 4.79 Å². The number of halogens is 4. The number of aliphatic hydroxyl groups excluding tert-OH is 1. The molecule has 44 heavy (non-hydrogen) atoms. The van der Waals surface area contributed by atoms with Gasteiger partial charge in [-0.2, -0.15) is 13.2 Å². The quantitative estimate of drug-likeness (QED) is 0.205. The van der Waals surface area contributed by atoms with Crippen LogP contribution in [0.1, 0.15) is 46.3 Å².